The minimum absolute atomic E-state index is 0.346. The second-order valence-corrected chi connectivity index (χ2v) is 10.4. The summed E-state index contributed by atoms with van der Waals surface area (Å²) in [7, 11) is 1.93. The zero-order valence-corrected chi connectivity index (χ0v) is 21.8. The molecule has 188 valence electrons. The number of pyridine rings is 1. The second kappa shape index (κ2) is 13.3. The summed E-state index contributed by atoms with van der Waals surface area (Å²) in [4.78, 5) is 36.2. The van der Waals surface area contributed by atoms with Crippen LogP contribution in [0.3, 0.4) is 0 Å². The van der Waals surface area contributed by atoms with Gasteiger partial charge in [-0.15, -0.1) is 0 Å². The number of hydrogen-bond acceptors (Lipinski definition) is 9. The fourth-order valence-corrected chi connectivity index (χ4v) is 5.37. The number of imide groups is 1. The predicted molar refractivity (Wildman–Crippen MR) is 147 cm³/mol. The van der Waals surface area contributed by atoms with Crippen LogP contribution >= 0.6 is 23.1 Å². The number of nitrogens with zero attached hydrogens (tertiary/aromatic N) is 3. The van der Waals surface area contributed by atoms with Gasteiger partial charge >= 0.3 is 0 Å². The molecule has 2 fully saturated rings. The summed E-state index contributed by atoms with van der Waals surface area (Å²) in [5.74, 6) is 0.883. The quantitative estimate of drug-likeness (QED) is 0.358. The first-order valence-electron chi connectivity index (χ1n) is 12.1. The number of nitrogens with one attached hydrogen (secondary N) is 3. The lowest BCUT2D eigenvalue weighted by Gasteiger charge is -2.21. The summed E-state index contributed by atoms with van der Waals surface area (Å²) >= 11 is 2.59. The highest BCUT2D eigenvalue weighted by molar-refractivity contribution is 8.18. The maximum atomic E-state index is 11.5. The van der Waals surface area contributed by atoms with E-state index in [0.29, 0.717) is 22.5 Å². The molecule has 36 heavy (non-hydrogen) atoms. The lowest BCUT2D eigenvalue weighted by molar-refractivity contribution is -0.115. The zero-order valence-electron chi connectivity index (χ0n) is 20.2. The SMILES string of the molecule is CNCc1cccc(-c2ccsc2)n1.O=C1NC(=O)/C(=C/c2ccnc(NCC3CCCCC3)n2)S1. The zero-order chi connectivity index (χ0) is 25.2. The highest BCUT2D eigenvalue weighted by Gasteiger charge is 2.25. The average molecular weight is 523 g/mol. The van der Waals surface area contributed by atoms with Gasteiger partial charge in [-0.3, -0.25) is 19.9 Å². The molecule has 2 aliphatic rings. The summed E-state index contributed by atoms with van der Waals surface area (Å²) in [6, 6.07) is 9.94. The van der Waals surface area contributed by atoms with Crippen LogP contribution in [0.15, 0.2) is 52.2 Å². The molecule has 3 aromatic heterocycles. The van der Waals surface area contributed by atoms with Crippen LogP contribution in [0.4, 0.5) is 10.7 Å². The van der Waals surface area contributed by atoms with Crippen LogP contribution < -0.4 is 16.0 Å². The Kier molecular flexibility index (Phi) is 9.60. The molecule has 0 atom stereocenters. The number of rotatable bonds is 7. The summed E-state index contributed by atoms with van der Waals surface area (Å²) in [5.41, 5.74) is 3.96. The molecule has 1 saturated heterocycles. The Balaban J connectivity index is 0.000000187. The summed E-state index contributed by atoms with van der Waals surface area (Å²) < 4.78 is 0. The minimum Gasteiger partial charge on any atom is -0.354 e. The van der Waals surface area contributed by atoms with Gasteiger partial charge in [0.05, 0.1) is 22.0 Å². The normalized spacial score (nSPS) is 17.0. The van der Waals surface area contributed by atoms with E-state index in [1.54, 1.807) is 29.7 Å². The van der Waals surface area contributed by atoms with E-state index in [2.05, 4.69) is 47.7 Å². The highest BCUT2D eigenvalue weighted by atomic mass is 32.2. The van der Waals surface area contributed by atoms with Crippen molar-refractivity contribution in [3.05, 3.63) is 63.6 Å². The third kappa shape index (κ3) is 7.71. The Bertz CT molecular complexity index is 1190. The van der Waals surface area contributed by atoms with Crippen molar-refractivity contribution in [3.63, 3.8) is 0 Å². The molecule has 0 aromatic carbocycles. The number of carbonyl (C=O) groups excluding carboxylic acids is 2. The van der Waals surface area contributed by atoms with E-state index < -0.39 is 0 Å². The molecule has 5 rings (SSSR count). The molecule has 1 aliphatic heterocycles. The van der Waals surface area contributed by atoms with Gasteiger partial charge in [0, 0.05) is 30.2 Å². The van der Waals surface area contributed by atoms with Crippen LogP contribution in [-0.2, 0) is 11.3 Å². The predicted octanol–water partition coefficient (Wildman–Crippen LogP) is 5.32. The van der Waals surface area contributed by atoms with Gasteiger partial charge in [0.1, 0.15) is 0 Å². The third-order valence-corrected chi connectivity index (χ3v) is 7.35. The van der Waals surface area contributed by atoms with Crippen LogP contribution in [0.1, 0.15) is 43.5 Å². The Hall–Kier alpha value is -3.08. The third-order valence-electron chi connectivity index (χ3n) is 5.85. The van der Waals surface area contributed by atoms with E-state index in [4.69, 9.17) is 0 Å². The first kappa shape index (κ1) is 26.0. The molecule has 2 amide bonds. The number of amides is 2. The van der Waals surface area contributed by atoms with E-state index in [0.717, 1.165) is 36.2 Å². The van der Waals surface area contributed by atoms with Crippen LogP contribution in [0, 0.1) is 5.92 Å². The van der Waals surface area contributed by atoms with Gasteiger partial charge in [-0.1, -0.05) is 25.3 Å². The Morgan fingerprint density at radius 2 is 1.97 bits per heavy atom. The molecule has 8 nitrogen and oxygen atoms in total. The van der Waals surface area contributed by atoms with Crippen molar-refractivity contribution in [2.75, 3.05) is 18.9 Å². The van der Waals surface area contributed by atoms with Crippen LogP contribution in [0.5, 0.6) is 0 Å². The molecule has 3 aromatic rings. The minimum atomic E-state index is -0.370. The molecule has 10 heteroatoms. The fourth-order valence-electron chi connectivity index (χ4n) is 4.05. The average Bonchev–Trinajstić information content (AvgIpc) is 3.54. The van der Waals surface area contributed by atoms with E-state index in [1.807, 2.05) is 25.2 Å². The Morgan fingerprint density at radius 1 is 1.11 bits per heavy atom. The Labute approximate surface area is 219 Å². The van der Waals surface area contributed by atoms with Gasteiger partial charge in [0.2, 0.25) is 5.95 Å². The summed E-state index contributed by atoms with van der Waals surface area (Å²) in [5, 5.41) is 12.4. The first-order chi connectivity index (χ1) is 17.6. The molecule has 4 heterocycles. The van der Waals surface area contributed by atoms with E-state index >= 15 is 0 Å². The molecule has 0 spiro atoms. The molecular formula is C26H30N6O2S2. The first-order valence-corrected chi connectivity index (χ1v) is 13.8. The van der Waals surface area contributed by atoms with E-state index in [9.17, 15) is 9.59 Å². The molecule has 1 saturated carbocycles. The highest BCUT2D eigenvalue weighted by Crippen LogP contribution is 2.26. The van der Waals surface area contributed by atoms with Gasteiger partial charge in [0.15, 0.2) is 0 Å². The largest absolute Gasteiger partial charge is 0.354 e. The monoisotopic (exact) mass is 522 g/mol. The lowest BCUT2D eigenvalue weighted by Crippen LogP contribution is -2.18. The maximum Gasteiger partial charge on any atom is 0.290 e. The molecule has 3 N–H and O–H groups in total. The van der Waals surface area contributed by atoms with Crippen molar-refractivity contribution in [3.8, 4) is 11.3 Å². The van der Waals surface area contributed by atoms with Gasteiger partial charge in [0.25, 0.3) is 11.1 Å². The topological polar surface area (TPSA) is 109 Å². The van der Waals surface area contributed by atoms with Gasteiger partial charge in [-0.25, -0.2) is 9.97 Å². The molecular weight excluding hydrogens is 492 g/mol. The second-order valence-electron chi connectivity index (χ2n) is 8.60. The van der Waals surface area contributed by atoms with Crippen LogP contribution in [0.2, 0.25) is 0 Å². The van der Waals surface area contributed by atoms with E-state index in [-0.39, 0.29) is 11.1 Å². The maximum absolute atomic E-state index is 11.5. The standard InChI is InChI=1S/C15H18N4O2S.C11H12N2S/c20-13-12(22-15(21)19-13)8-11-6-7-16-14(18-11)17-9-10-4-2-1-3-5-10;1-12-7-10-3-2-4-11(13-10)9-5-6-14-8-9/h6-8,10H,1-5,9H2,(H,16,17,18)(H,19,20,21);2-6,8,12H,7H2,1H3/b12-8-;. The van der Waals surface area contributed by atoms with Crippen molar-refractivity contribution in [2.45, 2.75) is 38.6 Å². The van der Waals surface area contributed by atoms with Crippen LogP contribution in [-0.4, -0.2) is 39.7 Å². The number of hydrogen-bond donors (Lipinski definition) is 3. The van der Waals surface area contributed by atoms with Crippen molar-refractivity contribution >= 4 is 46.3 Å². The van der Waals surface area contributed by atoms with Gasteiger partial charge in [-0.05, 0) is 73.3 Å². The van der Waals surface area contributed by atoms with Crippen LogP contribution in [0.25, 0.3) is 17.3 Å². The van der Waals surface area contributed by atoms with Crippen molar-refractivity contribution in [2.24, 2.45) is 5.92 Å². The number of aromatic nitrogens is 3. The molecule has 0 bridgehead atoms. The van der Waals surface area contributed by atoms with Gasteiger partial charge < -0.3 is 10.6 Å². The van der Waals surface area contributed by atoms with Gasteiger partial charge in [-0.2, -0.15) is 11.3 Å². The number of thioether (sulfide) groups is 1. The van der Waals surface area contributed by atoms with Crippen molar-refractivity contribution in [1.82, 2.24) is 25.6 Å². The molecule has 1 aliphatic carbocycles. The summed E-state index contributed by atoms with van der Waals surface area (Å²) in [6.07, 6.45) is 9.74. The smallest absolute Gasteiger partial charge is 0.290 e. The Morgan fingerprint density at radius 3 is 2.69 bits per heavy atom. The van der Waals surface area contributed by atoms with Crippen molar-refractivity contribution < 1.29 is 9.59 Å². The lowest BCUT2D eigenvalue weighted by atomic mass is 9.89. The molecule has 0 radical (unpaired) electrons. The number of thiophene rings is 1. The van der Waals surface area contributed by atoms with E-state index in [1.165, 1.54) is 37.7 Å². The molecule has 0 unspecified atom stereocenters. The number of carbonyl (C=O) groups is 2. The summed E-state index contributed by atoms with van der Waals surface area (Å²) in [6.45, 7) is 1.70. The fraction of sp³-hybridized carbons (Fsp3) is 0.346. The number of anilines is 1. The van der Waals surface area contributed by atoms with Crippen molar-refractivity contribution in [1.29, 1.82) is 0 Å².